The van der Waals surface area contributed by atoms with E-state index in [9.17, 15) is 9.59 Å². The number of azide groups is 2. The third-order valence-electron chi connectivity index (χ3n) is 2.71. The van der Waals surface area contributed by atoms with Crippen molar-refractivity contribution in [2.24, 2.45) is 10.2 Å². The monoisotopic (exact) mass is 396 g/mol. The van der Waals surface area contributed by atoms with Crippen molar-refractivity contribution in [1.82, 2.24) is 0 Å². The molecule has 0 saturated heterocycles. The van der Waals surface area contributed by atoms with Gasteiger partial charge in [-0.25, -0.2) is 9.59 Å². The molecule has 0 N–H and O–H groups in total. The Morgan fingerprint density at radius 1 is 0.821 bits per heavy atom. The van der Waals surface area contributed by atoms with E-state index in [1.54, 1.807) is 27.7 Å². The van der Waals surface area contributed by atoms with Crippen molar-refractivity contribution in [3.05, 3.63) is 20.9 Å². The molecule has 28 heavy (non-hydrogen) atoms. The van der Waals surface area contributed by atoms with Crippen molar-refractivity contribution < 1.29 is 28.5 Å². The molecule has 0 bridgehead atoms. The van der Waals surface area contributed by atoms with E-state index in [2.05, 4.69) is 31.9 Å². The smallest absolute Gasteiger partial charge is 0.434 e. The van der Waals surface area contributed by atoms with Crippen molar-refractivity contribution in [2.75, 3.05) is 26.3 Å². The second kappa shape index (κ2) is 13.0. The standard InChI is InChI=1S/C16H24N6O6/c1-15(2,27-13(23)25-11-5-9-19-21-17)7-8-16(3,4)28-14(24)26-12-6-10-20-22-18/h5-6,9-12H2,1-4H3. The average molecular weight is 396 g/mol. The van der Waals surface area contributed by atoms with Gasteiger partial charge in [0.25, 0.3) is 0 Å². The number of hydrogen-bond donors (Lipinski definition) is 0. The molecule has 0 aromatic heterocycles. The topological polar surface area (TPSA) is 169 Å². The van der Waals surface area contributed by atoms with Crippen LogP contribution in [0.3, 0.4) is 0 Å². The zero-order valence-corrected chi connectivity index (χ0v) is 16.4. The lowest BCUT2D eigenvalue weighted by atomic mass is 10.1. The quantitative estimate of drug-likeness (QED) is 0.133. The Morgan fingerprint density at radius 3 is 1.50 bits per heavy atom. The van der Waals surface area contributed by atoms with E-state index in [1.807, 2.05) is 0 Å². The summed E-state index contributed by atoms with van der Waals surface area (Å²) in [6.45, 7) is 6.69. The molecule has 0 aliphatic carbocycles. The normalized spacial score (nSPS) is 10.3. The molecule has 0 unspecified atom stereocenters. The van der Waals surface area contributed by atoms with Crippen molar-refractivity contribution in [3.8, 4) is 11.8 Å². The molecule has 0 fully saturated rings. The maximum Gasteiger partial charge on any atom is 0.509 e. The fourth-order valence-electron chi connectivity index (χ4n) is 1.50. The van der Waals surface area contributed by atoms with Crippen molar-refractivity contribution in [3.63, 3.8) is 0 Å². The van der Waals surface area contributed by atoms with Gasteiger partial charge in [0.2, 0.25) is 0 Å². The van der Waals surface area contributed by atoms with E-state index in [0.717, 1.165) is 0 Å². The fourth-order valence-corrected chi connectivity index (χ4v) is 1.50. The molecule has 0 saturated carbocycles. The SMILES string of the molecule is CC(C)(C#CC(C)(C)OC(=O)OCCCN=[N+]=[N-])OC(=O)OCCCN=[N+]=[N-]. The van der Waals surface area contributed by atoms with E-state index < -0.39 is 23.5 Å². The molecule has 12 nitrogen and oxygen atoms in total. The fraction of sp³-hybridized carbons (Fsp3) is 0.750. The molecule has 0 radical (unpaired) electrons. The summed E-state index contributed by atoms with van der Waals surface area (Å²) in [4.78, 5) is 28.4. The molecule has 0 aromatic rings. The largest absolute Gasteiger partial charge is 0.509 e. The summed E-state index contributed by atoms with van der Waals surface area (Å²) >= 11 is 0. The van der Waals surface area contributed by atoms with E-state index in [4.69, 9.17) is 30.0 Å². The summed E-state index contributed by atoms with van der Waals surface area (Å²) in [7, 11) is 0. The molecule has 0 heterocycles. The minimum atomic E-state index is -1.19. The Hall–Kier alpha value is -3.28. The van der Waals surface area contributed by atoms with Crippen LogP contribution in [0.2, 0.25) is 0 Å². The zero-order valence-electron chi connectivity index (χ0n) is 16.4. The third kappa shape index (κ3) is 13.9. The van der Waals surface area contributed by atoms with Crippen LogP contribution in [0.15, 0.2) is 10.2 Å². The van der Waals surface area contributed by atoms with Crippen LogP contribution in [0, 0.1) is 11.8 Å². The second-order valence-corrected chi connectivity index (χ2v) is 6.29. The molecule has 0 amide bonds. The summed E-state index contributed by atoms with van der Waals surface area (Å²) in [5.74, 6) is 5.41. The Bertz CT molecular complexity index is 627. The van der Waals surface area contributed by atoms with Gasteiger partial charge in [0.1, 0.15) is 0 Å². The Balaban J connectivity index is 4.44. The average Bonchev–Trinajstić information content (AvgIpc) is 2.59. The highest BCUT2D eigenvalue weighted by Gasteiger charge is 2.25. The number of rotatable bonds is 10. The van der Waals surface area contributed by atoms with Crippen LogP contribution in [0.25, 0.3) is 20.9 Å². The molecule has 12 heteroatoms. The predicted molar refractivity (Wildman–Crippen MR) is 98.1 cm³/mol. The Kier molecular flexibility index (Phi) is 11.5. The maximum atomic E-state index is 11.6. The van der Waals surface area contributed by atoms with Gasteiger partial charge in [-0.1, -0.05) is 22.1 Å². The van der Waals surface area contributed by atoms with Gasteiger partial charge in [-0.3, -0.25) is 0 Å². The summed E-state index contributed by atoms with van der Waals surface area (Å²) in [6.07, 6.45) is -1.09. The van der Waals surface area contributed by atoms with Crippen LogP contribution in [0.4, 0.5) is 9.59 Å². The first kappa shape index (κ1) is 24.7. The van der Waals surface area contributed by atoms with Gasteiger partial charge < -0.3 is 18.9 Å². The molecule has 154 valence electrons. The van der Waals surface area contributed by atoms with Gasteiger partial charge in [0.15, 0.2) is 11.2 Å². The van der Waals surface area contributed by atoms with Crippen LogP contribution < -0.4 is 0 Å². The highest BCUT2D eigenvalue weighted by atomic mass is 16.7. The highest BCUT2D eigenvalue weighted by molar-refractivity contribution is 5.62. The van der Waals surface area contributed by atoms with E-state index in [0.29, 0.717) is 12.8 Å². The lowest BCUT2D eigenvalue weighted by molar-refractivity contribution is 0.00404. The van der Waals surface area contributed by atoms with Crippen LogP contribution in [0.5, 0.6) is 0 Å². The van der Waals surface area contributed by atoms with Gasteiger partial charge in [-0.15, -0.1) is 0 Å². The molecule has 0 aliphatic rings. The minimum Gasteiger partial charge on any atom is -0.434 e. The highest BCUT2D eigenvalue weighted by Crippen LogP contribution is 2.13. The third-order valence-corrected chi connectivity index (χ3v) is 2.71. The van der Waals surface area contributed by atoms with Gasteiger partial charge in [-0.2, -0.15) is 0 Å². The molecule has 0 aliphatic heterocycles. The molecule has 0 atom stereocenters. The van der Waals surface area contributed by atoms with E-state index >= 15 is 0 Å². The van der Waals surface area contributed by atoms with Gasteiger partial charge >= 0.3 is 12.3 Å². The van der Waals surface area contributed by atoms with Crippen LogP contribution in [0.1, 0.15) is 40.5 Å². The summed E-state index contributed by atoms with van der Waals surface area (Å²) in [5.41, 5.74) is 13.9. The number of hydrogen-bond acceptors (Lipinski definition) is 8. The number of carbonyl (C=O) groups is 2. The summed E-state index contributed by atoms with van der Waals surface area (Å²) in [6, 6.07) is 0. The minimum absolute atomic E-state index is 0.0431. The molecule has 0 rings (SSSR count). The van der Waals surface area contributed by atoms with Crippen molar-refractivity contribution in [2.45, 2.75) is 51.7 Å². The van der Waals surface area contributed by atoms with Crippen LogP contribution >= 0.6 is 0 Å². The predicted octanol–water partition coefficient (Wildman–Crippen LogP) is 4.25. The summed E-state index contributed by atoms with van der Waals surface area (Å²) in [5, 5.41) is 6.62. The number of carbonyl (C=O) groups excluding carboxylic acids is 2. The number of ether oxygens (including phenoxy) is 4. The lowest BCUT2D eigenvalue weighted by Crippen LogP contribution is -2.30. The van der Waals surface area contributed by atoms with Gasteiger partial charge in [0.05, 0.1) is 13.2 Å². The maximum absolute atomic E-state index is 11.6. The lowest BCUT2D eigenvalue weighted by Gasteiger charge is -2.21. The van der Waals surface area contributed by atoms with Crippen LogP contribution in [-0.4, -0.2) is 49.8 Å². The molecule has 0 spiro atoms. The van der Waals surface area contributed by atoms with E-state index in [-0.39, 0.29) is 26.3 Å². The Labute approximate surface area is 162 Å². The van der Waals surface area contributed by atoms with Crippen molar-refractivity contribution in [1.29, 1.82) is 0 Å². The van der Waals surface area contributed by atoms with Crippen LogP contribution in [-0.2, 0) is 18.9 Å². The first-order valence-corrected chi connectivity index (χ1v) is 8.39. The molecular weight excluding hydrogens is 372 g/mol. The zero-order chi connectivity index (χ0) is 21.5. The number of nitrogens with zero attached hydrogens (tertiary/aromatic N) is 6. The summed E-state index contributed by atoms with van der Waals surface area (Å²) < 4.78 is 19.9. The molecule has 0 aromatic carbocycles. The van der Waals surface area contributed by atoms with Gasteiger partial charge in [-0.05, 0) is 51.6 Å². The first-order valence-electron chi connectivity index (χ1n) is 8.39. The van der Waals surface area contributed by atoms with Gasteiger partial charge in [0, 0.05) is 22.9 Å². The second-order valence-electron chi connectivity index (χ2n) is 6.29. The van der Waals surface area contributed by atoms with E-state index in [1.165, 1.54) is 0 Å². The van der Waals surface area contributed by atoms with Crippen molar-refractivity contribution >= 4 is 12.3 Å². The molecular formula is C16H24N6O6. The first-order chi connectivity index (χ1) is 13.1. The Morgan fingerprint density at radius 2 is 1.18 bits per heavy atom.